The van der Waals surface area contributed by atoms with Crippen LogP contribution in [0.3, 0.4) is 0 Å². The van der Waals surface area contributed by atoms with Crippen LogP contribution < -0.4 is 10.6 Å². The molecule has 0 aliphatic rings. The molecule has 196 valence electrons. The van der Waals surface area contributed by atoms with E-state index in [9.17, 15) is 24.3 Å². The highest BCUT2D eigenvalue weighted by atomic mass is 16.6. The number of unbranched alkanes of at least 4 members (excludes halogenated alkanes) is 2. The van der Waals surface area contributed by atoms with Gasteiger partial charge in [0.1, 0.15) is 30.0 Å². The minimum Gasteiger partial charge on any atom is -0.507 e. The predicted octanol–water partition coefficient (Wildman–Crippen LogP) is 2.96. The molecule has 1 aromatic carbocycles. The first-order chi connectivity index (χ1) is 16.3. The third-order valence-corrected chi connectivity index (χ3v) is 5.15. The topological polar surface area (TPSA) is 134 Å². The molecule has 0 fully saturated rings. The van der Waals surface area contributed by atoms with E-state index in [0.717, 1.165) is 12.8 Å². The van der Waals surface area contributed by atoms with Gasteiger partial charge in [0.05, 0.1) is 7.11 Å². The number of nitrogens with one attached hydrogen (secondary N) is 2. The quantitative estimate of drug-likeness (QED) is 0.319. The molecule has 2 unspecified atom stereocenters. The smallest absolute Gasteiger partial charge is 0.408 e. The number of carbonyl (C=O) groups is 4. The summed E-state index contributed by atoms with van der Waals surface area (Å²) in [5.74, 6) is -1.99. The van der Waals surface area contributed by atoms with E-state index in [0.29, 0.717) is 12.0 Å². The summed E-state index contributed by atoms with van der Waals surface area (Å²) in [4.78, 5) is 52.1. The van der Waals surface area contributed by atoms with Crippen LogP contribution in [0, 0.1) is 6.92 Å². The molecule has 3 N–H and O–H groups in total. The van der Waals surface area contributed by atoms with Crippen molar-refractivity contribution < 1.29 is 33.8 Å². The van der Waals surface area contributed by atoms with Gasteiger partial charge in [-0.2, -0.15) is 0 Å². The predicted molar refractivity (Wildman–Crippen MR) is 131 cm³/mol. The summed E-state index contributed by atoms with van der Waals surface area (Å²) in [6, 6.07) is 2.64. The minimum atomic E-state index is -1.24. The van der Waals surface area contributed by atoms with Crippen molar-refractivity contribution in [3.63, 3.8) is 0 Å². The van der Waals surface area contributed by atoms with E-state index < -0.39 is 48.1 Å². The molecule has 3 amide bonds. The lowest BCUT2D eigenvalue weighted by atomic mass is 9.99. The number of phenolic OH excluding ortho intramolecular Hbond substituents is 1. The number of rotatable bonds is 11. The molecule has 35 heavy (non-hydrogen) atoms. The number of methoxy groups -OCH3 is 1. The third kappa shape index (κ3) is 9.46. The summed E-state index contributed by atoms with van der Waals surface area (Å²) >= 11 is 0. The van der Waals surface area contributed by atoms with Crippen LogP contribution >= 0.6 is 0 Å². The number of hydrogen-bond acceptors (Lipinski definition) is 7. The van der Waals surface area contributed by atoms with E-state index in [1.165, 1.54) is 18.9 Å². The number of benzene rings is 1. The van der Waals surface area contributed by atoms with E-state index >= 15 is 0 Å². The van der Waals surface area contributed by atoms with E-state index in [1.807, 2.05) is 6.92 Å². The highest BCUT2D eigenvalue weighted by Gasteiger charge is 2.36. The second kappa shape index (κ2) is 13.6. The molecular weight excluding hydrogens is 454 g/mol. The lowest BCUT2D eigenvalue weighted by molar-refractivity contribution is -0.144. The molecule has 0 heterocycles. The highest BCUT2D eigenvalue weighted by molar-refractivity contribution is 5.93. The lowest BCUT2D eigenvalue weighted by Gasteiger charge is -2.34. The van der Waals surface area contributed by atoms with Gasteiger partial charge in [0.2, 0.25) is 11.8 Å². The van der Waals surface area contributed by atoms with E-state index in [4.69, 9.17) is 4.74 Å². The minimum absolute atomic E-state index is 0.133. The van der Waals surface area contributed by atoms with Gasteiger partial charge in [-0.1, -0.05) is 38.0 Å². The number of carbonyl (C=O) groups excluding carboxylic acids is 4. The summed E-state index contributed by atoms with van der Waals surface area (Å²) in [5.41, 5.74) is -0.0204. The lowest BCUT2D eigenvalue weighted by Crippen LogP contribution is -2.52. The van der Waals surface area contributed by atoms with Gasteiger partial charge >= 0.3 is 12.1 Å². The zero-order valence-corrected chi connectivity index (χ0v) is 21.8. The number of nitrogens with zero attached hydrogens (tertiary/aromatic N) is 1. The van der Waals surface area contributed by atoms with Gasteiger partial charge in [-0.15, -0.1) is 0 Å². The van der Waals surface area contributed by atoms with Crippen molar-refractivity contribution in [2.75, 3.05) is 20.2 Å². The van der Waals surface area contributed by atoms with Crippen molar-refractivity contribution in [1.29, 1.82) is 0 Å². The van der Waals surface area contributed by atoms with Crippen LogP contribution in [-0.2, 0) is 23.9 Å². The Balaban J connectivity index is 3.39. The SMILES string of the molecule is CCCCCN(C(=O)C(C)NC(=O)OC(C)(C)C)C(C(=O)NCC(=O)OC)c1cccc(C)c1O. The van der Waals surface area contributed by atoms with Crippen LogP contribution in [0.4, 0.5) is 4.79 Å². The van der Waals surface area contributed by atoms with Crippen molar-refractivity contribution in [2.45, 2.75) is 78.5 Å². The van der Waals surface area contributed by atoms with Crippen LogP contribution in [0.1, 0.15) is 71.0 Å². The molecule has 10 nitrogen and oxygen atoms in total. The number of para-hydroxylation sites is 1. The number of phenols is 1. The number of ether oxygens (including phenoxy) is 2. The number of aromatic hydroxyl groups is 1. The van der Waals surface area contributed by atoms with E-state index in [1.54, 1.807) is 45.9 Å². The average molecular weight is 494 g/mol. The zero-order chi connectivity index (χ0) is 26.8. The highest BCUT2D eigenvalue weighted by Crippen LogP contribution is 2.32. The van der Waals surface area contributed by atoms with E-state index in [2.05, 4.69) is 15.4 Å². The number of hydrogen-bond donors (Lipinski definition) is 3. The fourth-order valence-corrected chi connectivity index (χ4v) is 3.37. The molecule has 0 spiro atoms. The molecule has 0 saturated heterocycles. The molecule has 0 radical (unpaired) electrons. The van der Waals surface area contributed by atoms with Gasteiger partial charge in [0, 0.05) is 12.1 Å². The Kier molecular flexibility index (Phi) is 11.5. The van der Waals surface area contributed by atoms with Crippen molar-refractivity contribution in [3.05, 3.63) is 29.3 Å². The summed E-state index contributed by atoms with van der Waals surface area (Å²) in [7, 11) is 1.20. The summed E-state index contributed by atoms with van der Waals surface area (Å²) in [6.45, 7) is 10.1. The molecule has 0 saturated carbocycles. The first-order valence-electron chi connectivity index (χ1n) is 11.7. The standard InChI is InChI=1S/C25H39N3O7/c1-8-9-10-14-28(23(32)17(3)27-24(33)35-25(4,5)6)20(22(31)26-15-19(29)34-7)18-13-11-12-16(2)21(18)30/h11-13,17,20,30H,8-10,14-15H2,1-7H3,(H,26,31)(H,27,33). The molecule has 10 heteroatoms. The average Bonchev–Trinajstić information content (AvgIpc) is 2.77. The van der Waals surface area contributed by atoms with Gasteiger partial charge in [0.25, 0.3) is 0 Å². The third-order valence-electron chi connectivity index (χ3n) is 5.15. The molecule has 0 bridgehead atoms. The number of esters is 1. The van der Waals surface area contributed by atoms with Gasteiger partial charge < -0.3 is 30.1 Å². The number of amides is 3. The first-order valence-corrected chi connectivity index (χ1v) is 11.7. The Morgan fingerprint density at radius 1 is 1.14 bits per heavy atom. The second-order valence-corrected chi connectivity index (χ2v) is 9.32. The van der Waals surface area contributed by atoms with Crippen molar-refractivity contribution in [2.24, 2.45) is 0 Å². The van der Waals surface area contributed by atoms with E-state index in [-0.39, 0.29) is 17.9 Å². The van der Waals surface area contributed by atoms with Gasteiger partial charge in [-0.25, -0.2) is 4.79 Å². The Labute approximate surface area is 207 Å². The summed E-state index contributed by atoms with van der Waals surface area (Å²) < 4.78 is 9.84. The Hall–Kier alpha value is -3.30. The maximum atomic E-state index is 13.6. The maximum Gasteiger partial charge on any atom is 0.408 e. The molecular formula is C25H39N3O7. The van der Waals surface area contributed by atoms with Crippen LogP contribution in [0.15, 0.2) is 18.2 Å². The van der Waals surface area contributed by atoms with Gasteiger partial charge in [-0.3, -0.25) is 14.4 Å². The molecule has 0 aliphatic carbocycles. The van der Waals surface area contributed by atoms with Crippen molar-refractivity contribution in [3.8, 4) is 5.75 Å². The molecule has 0 aromatic heterocycles. The molecule has 1 aromatic rings. The van der Waals surface area contributed by atoms with Gasteiger partial charge in [-0.05, 0) is 46.6 Å². The molecule has 0 aliphatic heterocycles. The fourth-order valence-electron chi connectivity index (χ4n) is 3.37. The molecule has 2 atom stereocenters. The molecule has 1 rings (SSSR count). The van der Waals surface area contributed by atoms with Crippen LogP contribution in [-0.4, -0.2) is 65.7 Å². The van der Waals surface area contributed by atoms with Crippen molar-refractivity contribution in [1.82, 2.24) is 15.5 Å². The Bertz CT molecular complexity index is 896. The van der Waals surface area contributed by atoms with Crippen LogP contribution in [0.2, 0.25) is 0 Å². The van der Waals surface area contributed by atoms with Crippen LogP contribution in [0.5, 0.6) is 5.75 Å². The monoisotopic (exact) mass is 493 g/mol. The zero-order valence-electron chi connectivity index (χ0n) is 21.8. The normalized spacial score (nSPS) is 12.8. The number of aryl methyl sites for hydroxylation is 1. The summed E-state index contributed by atoms with van der Waals surface area (Å²) in [6.07, 6.45) is 1.50. The summed E-state index contributed by atoms with van der Waals surface area (Å²) in [5, 5.41) is 15.8. The fraction of sp³-hybridized carbons (Fsp3) is 0.600. The Morgan fingerprint density at radius 3 is 2.37 bits per heavy atom. The second-order valence-electron chi connectivity index (χ2n) is 9.32. The largest absolute Gasteiger partial charge is 0.507 e. The maximum absolute atomic E-state index is 13.6. The van der Waals surface area contributed by atoms with Crippen LogP contribution in [0.25, 0.3) is 0 Å². The van der Waals surface area contributed by atoms with Gasteiger partial charge in [0.15, 0.2) is 0 Å². The first kappa shape index (κ1) is 29.7. The number of alkyl carbamates (subject to hydrolysis) is 1. The Morgan fingerprint density at radius 2 is 1.80 bits per heavy atom. The van der Waals surface area contributed by atoms with Crippen molar-refractivity contribution >= 4 is 23.9 Å².